The molecule has 2 atom stereocenters. The van der Waals surface area contributed by atoms with Gasteiger partial charge in [0.25, 0.3) is 7.82 Å². The molecule has 0 fully saturated rings. The molecule has 0 rings (SSSR count). The smallest absolute Gasteiger partial charge is 0.306 e. The Morgan fingerprint density at radius 2 is 0.931 bits per heavy atom. The van der Waals surface area contributed by atoms with Gasteiger partial charge in [-0.15, -0.1) is 0 Å². The Labute approximate surface area is 357 Å². The lowest BCUT2D eigenvalue weighted by molar-refractivity contribution is -0.870. The largest absolute Gasteiger partial charge is 0.756 e. The van der Waals surface area contributed by atoms with E-state index in [-0.39, 0.29) is 26.1 Å². The fourth-order valence-electron chi connectivity index (χ4n) is 6.39. The van der Waals surface area contributed by atoms with Gasteiger partial charge in [-0.25, -0.2) is 0 Å². The van der Waals surface area contributed by atoms with E-state index in [0.717, 1.165) is 44.9 Å². The molecule has 0 N–H and O–H groups in total. The first-order valence-corrected chi connectivity index (χ1v) is 25.2. The molecule has 0 aromatic carbocycles. The minimum Gasteiger partial charge on any atom is -0.756 e. The van der Waals surface area contributed by atoms with Gasteiger partial charge in [-0.1, -0.05) is 159 Å². The zero-order chi connectivity index (χ0) is 42.8. The lowest BCUT2D eigenvalue weighted by Gasteiger charge is -2.28. The van der Waals surface area contributed by atoms with E-state index in [1.807, 2.05) is 21.1 Å². The van der Waals surface area contributed by atoms with Gasteiger partial charge >= 0.3 is 11.9 Å². The molecule has 0 aliphatic heterocycles. The summed E-state index contributed by atoms with van der Waals surface area (Å²) in [5.74, 6) is -0.871. The first-order chi connectivity index (χ1) is 28.0. The number of likely N-dealkylation sites (N-methyl/N-ethyl adjacent to an activating group) is 1. The number of allylic oxidation sites excluding steroid dienone is 6. The minimum absolute atomic E-state index is 0.0359. The number of phosphoric ester groups is 1. The van der Waals surface area contributed by atoms with Crippen LogP contribution < -0.4 is 4.89 Å². The van der Waals surface area contributed by atoms with Crippen molar-refractivity contribution in [2.45, 2.75) is 213 Å². The Kier molecular flexibility index (Phi) is 39.4. The number of nitrogens with zero attached hydrogens (tertiary/aromatic N) is 1. The zero-order valence-electron chi connectivity index (χ0n) is 38.2. The van der Waals surface area contributed by atoms with E-state index < -0.39 is 32.5 Å². The third-order valence-corrected chi connectivity index (χ3v) is 11.1. The molecule has 0 heterocycles. The van der Waals surface area contributed by atoms with Gasteiger partial charge in [-0.2, -0.15) is 0 Å². The van der Waals surface area contributed by atoms with Crippen LogP contribution in [0.3, 0.4) is 0 Å². The monoisotopic (exact) mass is 840 g/mol. The maximum absolute atomic E-state index is 12.7. The second-order valence-corrected chi connectivity index (χ2v) is 18.5. The number of carbonyl (C=O) groups excluding carboxylic acids is 2. The summed E-state index contributed by atoms with van der Waals surface area (Å²) in [6.07, 6.45) is 46.0. The van der Waals surface area contributed by atoms with Crippen LogP contribution in [0.2, 0.25) is 0 Å². The molecule has 0 radical (unpaired) electrons. The Bertz CT molecular complexity index is 1090. The number of esters is 2. The van der Waals surface area contributed by atoms with Crippen LogP contribution in [0.4, 0.5) is 0 Å². The van der Waals surface area contributed by atoms with E-state index in [1.54, 1.807) is 0 Å². The van der Waals surface area contributed by atoms with Crippen molar-refractivity contribution in [2.24, 2.45) is 0 Å². The first-order valence-electron chi connectivity index (χ1n) is 23.7. The fourth-order valence-corrected chi connectivity index (χ4v) is 7.11. The number of rotatable bonds is 43. The highest BCUT2D eigenvalue weighted by atomic mass is 31.2. The van der Waals surface area contributed by atoms with Crippen LogP contribution in [0, 0.1) is 0 Å². The third kappa shape index (κ3) is 43.8. The Hall–Kier alpha value is -1.77. The molecular weight excluding hydrogens is 750 g/mol. The van der Waals surface area contributed by atoms with Gasteiger partial charge in [0, 0.05) is 12.8 Å². The second-order valence-electron chi connectivity index (χ2n) is 17.1. The van der Waals surface area contributed by atoms with E-state index in [9.17, 15) is 19.0 Å². The van der Waals surface area contributed by atoms with Crippen LogP contribution in [-0.4, -0.2) is 70.0 Å². The van der Waals surface area contributed by atoms with E-state index in [1.165, 1.54) is 122 Å². The summed E-state index contributed by atoms with van der Waals surface area (Å²) in [7, 11) is 1.15. The molecule has 0 spiro atoms. The van der Waals surface area contributed by atoms with Gasteiger partial charge in [-0.05, 0) is 70.6 Å². The molecule has 0 aromatic heterocycles. The average molecular weight is 840 g/mol. The van der Waals surface area contributed by atoms with E-state index >= 15 is 0 Å². The Morgan fingerprint density at radius 3 is 1.41 bits per heavy atom. The molecule has 9 nitrogen and oxygen atoms in total. The van der Waals surface area contributed by atoms with Gasteiger partial charge in [0.1, 0.15) is 19.8 Å². The highest BCUT2D eigenvalue weighted by Crippen LogP contribution is 2.38. The van der Waals surface area contributed by atoms with Gasteiger partial charge in [0.15, 0.2) is 6.10 Å². The normalized spacial score (nSPS) is 13.8. The van der Waals surface area contributed by atoms with Crippen LogP contribution in [-0.2, 0) is 32.7 Å². The number of quaternary nitrogens is 1. The highest BCUT2D eigenvalue weighted by molar-refractivity contribution is 7.45. The number of carbonyl (C=O) groups is 2. The summed E-state index contributed by atoms with van der Waals surface area (Å²) in [4.78, 5) is 37.6. The number of unbranched alkanes of at least 4 members (excludes halogenated alkanes) is 23. The van der Waals surface area contributed by atoms with E-state index in [0.29, 0.717) is 23.9 Å². The van der Waals surface area contributed by atoms with E-state index in [2.05, 4.69) is 50.3 Å². The van der Waals surface area contributed by atoms with Crippen LogP contribution in [0.1, 0.15) is 206 Å². The van der Waals surface area contributed by atoms with Gasteiger partial charge in [0.05, 0.1) is 27.7 Å². The topological polar surface area (TPSA) is 111 Å². The highest BCUT2D eigenvalue weighted by Gasteiger charge is 2.21. The zero-order valence-corrected chi connectivity index (χ0v) is 39.1. The Balaban J connectivity index is 4.34. The quantitative estimate of drug-likeness (QED) is 0.0196. The molecule has 0 aromatic rings. The molecular formula is C48H90NO8P. The molecule has 0 aliphatic rings. The standard InChI is InChI=1S/C48H90NO8P/c1-6-8-10-12-14-16-18-20-22-23-24-25-27-29-31-33-35-37-39-41-48(51)57-46(45-56-58(52,53)55-43-42-49(3,4)5)44-54-47(50)40-38-36-34-32-30-28-26-21-19-17-15-13-11-9-7-2/h20-22,26,30,32,46H,6-19,23-25,27-29,31,33-45H2,1-5H3/b22-20+,26-21+,32-30+/t46-/m1/s1. The molecule has 0 bridgehead atoms. The van der Waals surface area contributed by atoms with Crippen LogP contribution in [0.15, 0.2) is 36.5 Å². The maximum Gasteiger partial charge on any atom is 0.306 e. The third-order valence-electron chi connectivity index (χ3n) is 10.1. The molecule has 0 saturated heterocycles. The lowest BCUT2D eigenvalue weighted by Crippen LogP contribution is -2.37. The number of ether oxygens (including phenoxy) is 2. The molecule has 0 aliphatic carbocycles. The van der Waals surface area contributed by atoms with Crippen molar-refractivity contribution in [3.8, 4) is 0 Å². The predicted octanol–water partition coefficient (Wildman–Crippen LogP) is 13.1. The second kappa shape index (κ2) is 40.6. The predicted molar refractivity (Wildman–Crippen MR) is 241 cm³/mol. The van der Waals surface area contributed by atoms with Gasteiger partial charge in [-0.3, -0.25) is 14.2 Å². The molecule has 0 amide bonds. The van der Waals surface area contributed by atoms with Crippen molar-refractivity contribution in [1.29, 1.82) is 0 Å². The molecule has 1 unspecified atom stereocenters. The lowest BCUT2D eigenvalue weighted by atomic mass is 10.1. The maximum atomic E-state index is 12.7. The first kappa shape index (κ1) is 56.2. The average Bonchev–Trinajstić information content (AvgIpc) is 3.17. The number of hydrogen-bond donors (Lipinski definition) is 0. The summed E-state index contributed by atoms with van der Waals surface area (Å²) in [5, 5.41) is 0. The van der Waals surface area contributed by atoms with Crippen molar-refractivity contribution >= 4 is 19.8 Å². The van der Waals surface area contributed by atoms with Gasteiger partial charge in [0.2, 0.25) is 0 Å². The van der Waals surface area contributed by atoms with Crippen molar-refractivity contribution < 1.29 is 42.1 Å². The molecule has 340 valence electrons. The summed E-state index contributed by atoms with van der Waals surface area (Å²) in [6, 6.07) is 0. The molecule has 58 heavy (non-hydrogen) atoms. The summed E-state index contributed by atoms with van der Waals surface area (Å²) >= 11 is 0. The van der Waals surface area contributed by atoms with Crippen molar-refractivity contribution in [1.82, 2.24) is 0 Å². The number of hydrogen-bond acceptors (Lipinski definition) is 8. The van der Waals surface area contributed by atoms with Crippen molar-refractivity contribution in [3.05, 3.63) is 36.5 Å². The summed E-state index contributed by atoms with van der Waals surface area (Å²) in [6.45, 7) is 4.19. The van der Waals surface area contributed by atoms with Crippen LogP contribution >= 0.6 is 7.82 Å². The van der Waals surface area contributed by atoms with Crippen molar-refractivity contribution in [2.75, 3.05) is 47.5 Å². The number of phosphoric acid groups is 1. The fraction of sp³-hybridized carbons (Fsp3) is 0.833. The molecule has 0 saturated carbocycles. The molecule has 10 heteroatoms. The van der Waals surface area contributed by atoms with Crippen LogP contribution in [0.25, 0.3) is 0 Å². The summed E-state index contributed by atoms with van der Waals surface area (Å²) < 4.78 is 33.9. The minimum atomic E-state index is -4.63. The SMILES string of the molecule is CCCCCCCC/C=C/C/C=C/CCCCC(=O)OC[C@H](COP(=O)([O-])OCC[N+](C)(C)C)OC(=O)CCCCCCCCCCC/C=C/CCCCCCCC. The van der Waals surface area contributed by atoms with Crippen LogP contribution in [0.5, 0.6) is 0 Å². The van der Waals surface area contributed by atoms with Crippen molar-refractivity contribution in [3.63, 3.8) is 0 Å². The van der Waals surface area contributed by atoms with E-state index in [4.69, 9.17) is 18.5 Å². The van der Waals surface area contributed by atoms with Gasteiger partial charge < -0.3 is 27.9 Å². The summed E-state index contributed by atoms with van der Waals surface area (Å²) in [5.41, 5.74) is 0. The Morgan fingerprint density at radius 1 is 0.534 bits per heavy atom.